The number of hydrogen-bond acceptors (Lipinski definition) is 3. The van der Waals surface area contributed by atoms with E-state index in [0.29, 0.717) is 16.8 Å². The standard InChI is InChI=1S/C14H10BrF3N4/c15-10-4-12-13(20-7-21-22(12)6-10)8-1-2-9(5-19)11(3-8)14(16,17)18/h1-4,6-7H,5,19H2. The van der Waals surface area contributed by atoms with Crippen molar-refractivity contribution in [3.63, 3.8) is 0 Å². The Bertz CT molecular complexity index is 842. The Morgan fingerprint density at radius 2 is 2.00 bits per heavy atom. The highest BCUT2D eigenvalue weighted by molar-refractivity contribution is 9.10. The maximum atomic E-state index is 13.1. The quantitative estimate of drug-likeness (QED) is 0.749. The number of rotatable bonds is 2. The summed E-state index contributed by atoms with van der Waals surface area (Å²) in [6.07, 6.45) is -1.45. The van der Waals surface area contributed by atoms with E-state index in [9.17, 15) is 13.2 Å². The molecule has 4 nitrogen and oxygen atoms in total. The van der Waals surface area contributed by atoms with Crippen LogP contribution in [0.1, 0.15) is 11.1 Å². The van der Waals surface area contributed by atoms with Crippen LogP contribution < -0.4 is 5.73 Å². The molecule has 0 bridgehead atoms. The molecule has 0 saturated heterocycles. The van der Waals surface area contributed by atoms with E-state index in [2.05, 4.69) is 26.0 Å². The van der Waals surface area contributed by atoms with Gasteiger partial charge in [0.15, 0.2) is 0 Å². The summed E-state index contributed by atoms with van der Waals surface area (Å²) in [5, 5.41) is 4.03. The molecule has 0 spiro atoms. The molecule has 2 N–H and O–H groups in total. The molecule has 0 unspecified atom stereocenters. The van der Waals surface area contributed by atoms with Crippen molar-refractivity contribution in [3.8, 4) is 11.3 Å². The largest absolute Gasteiger partial charge is 0.416 e. The van der Waals surface area contributed by atoms with Gasteiger partial charge in [-0.1, -0.05) is 12.1 Å². The molecule has 3 aromatic rings. The number of fused-ring (bicyclic) bond motifs is 1. The van der Waals surface area contributed by atoms with Gasteiger partial charge in [-0.3, -0.25) is 0 Å². The SMILES string of the molecule is NCc1ccc(-c2ncnn3cc(Br)cc23)cc1C(F)(F)F. The van der Waals surface area contributed by atoms with Crippen molar-refractivity contribution in [2.24, 2.45) is 5.73 Å². The summed E-state index contributed by atoms with van der Waals surface area (Å²) in [5.74, 6) is 0. The van der Waals surface area contributed by atoms with Crippen molar-refractivity contribution in [3.05, 3.63) is 52.4 Å². The molecule has 114 valence electrons. The smallest absolute Gasteiger partial charge is 0.326 e. The van der Waals surface area contributed by atoms with E-state index >= 15 is 0 Å². The Labute approximate surface area is 131 Å². The fourth-order valence-electron chi connectivity index (χ4n) is 2.29. The van der Waals surface area contributed by atoms with Crippen molar-refractivity contribution in [2.45, 2.75) is 12.7 Å². The number of benzene rings is 1. The number of hydrogen-bond donors (Lipinski definition) is 1. The van der Waals surface area contributed by atoms with E-state index in [1.165, 1.54) is 12.4 Å². The van der Waals surface area contributed by atoms with Crippen LogP contribution in [0.25, 0.3) is 16.8 Å². The maximum absolute atomic E-state index is 13.1. The van der Waals surface area contributed by atoms with E-state index in [1.807, 2.05) is 0 Å². The molecule has 0 aliphatic carbocycles. The molecule has 0 amide bonds. The van der Waals surface area contributed by atoms with Gasteiger partial charge in [0.1, 0.15) is 6.33 Å². The van der Waals surface area contributed by atoms with Crippen LogP contribution in [0.5, 0.6) is 0 Å². The second kappa shape index (κ2) is 5.36. The third-order valence-electron chi connectivity index (χ3n) is 3.28. The van der Waals surface area contributed by atoms with Crippen molar-refractivity contribution < 1.29 is 13.2 Å². The first kappa shape index (κ1) is 15.0. The lowest BCUT2D eigenvalue weighted by atomic mass is 10.0. The predicted octanol–water partition coefficient (Wildman–Crippen LogP) is 3.64. The van der Waals surface area contributed by atoms with Crippen LogP contribution in [0.4, 0.5) is 13.2 Å². The average molecular weight is 371 g/mol. The van der Waals surface area contributed by atoms with Crippen LogP contribution in [0.2, 0.25) is 0 Å². The monoisotopic (exact) mass is 370 g/mol. The highest BCUT2D eigenvalue weighted by Crippen LogP contribution is 2.35. The van der Waals surface area contributed by atoms with E-state index in [1.54, 1.807) is 22.8 Å². The Morgan fingerprint density at radius 1 is 1.23 bits per heavy atom. The minimum absolute atomic E-state index is 0.0536. The second-order valence-electron chi connectivity index (χ2n) is 4.67. The molecule has 3 rings (SSSR count). The zero-order valence-electron chi connectivity index (χ0n) is 11.1. The van der Waals surface area contributed by atoms with Gasteiger partial charge < -0.3 is 5.73 Å². The molecule has 0 fully saturated rings. The molecular formula is C14H10BrF3N4. The van der Waals surface area contributed by atoms with Gasteiger partial charge >= 0.3 is 6.18 Å². The summed E-state index contributed by atoms with van der Waals surface area (Å²) in [6, 6.07) is 5.79. The first-order chi connectivity index (χ1) is 10.4. The third-order valence-corrected chi connectivity index (χ3v) is 3.71. The number of aromatic nitrogens is 3. The molecule has 2 heterocycles. The van der Waals surface area contributed by atoms with Crippen LogP contribution in [0, 0.1) is 0 Å². The van der Waals surface area contributed by atoms with Gasteiger partial charge in [0, 0.05) is 22.8 Å². The Kier molecular flexibility index (Phi) is 3.65. The van der Waals surface area contributed by atoms with E-state index in [4.69, 9.17) is 5.73 Å². The minimum atomic E-state index is -4.46. The predicted molar refractivity (Wildman–Crippen MR) is 79.0 cm³/mol. The van der Waals surface area contributed by atoms with Crippen LogP contribution in [0.3, 0.4) is 0 Å². The summed E-state index contributed by atoms with van der Waals surface area (Å²) in [7, 11) is 0. The first-order valence-electron chi connectivity index (χ1n) is 6.29. The van der Waals surface area contributed by atoms with Crippen LogP contribution in [-0.4, -0.2) is 14.6 Å². The number of nitrogens with two attached hydrogens (primary N) is 1. The molecule has 0 atom stereocenters. The maximum Gasteiger partial charge on any atom is 0.416 e. The van der Waals surface area contributed by atoms with E-state index in [-0.39, 0.29) is 12.1 Å². The fourth-order valence-corrected chi connectivity index (χ4v) is 2.70. The Morgan fingerprint density at radius 3 is 2.68 bits per heavy atom. The zero-order valence-corrected chi connectivity index (χ0v) is 12.7. The molecule has 0 aliphatic rings. The normalized spacial score (nSPS) is 12.0. The van der Waals surface area contributed by atoms with Gasteiger partial charge in [-0.05, 0) is 33.6 Å². The fraction of sp³-hybridized carbons (Fsp3) is 0.143. The molecule has 0 aliphatic heterocycles. The average Bonchev–Trinajstić information content (AvgIpc) is 2.85. The highest BCUT2D eigenvalue weighted by Gasteiger charge is 2.33. The van der Waals surface area contributed by atoms with Crippen molar-refractivity contribution >= 4 is 21.4 Å². The van der Waals surface area contributed by atoms with E-state index in [0.717, 1.165) is 10.5 Å². The Balaban J connectivity index is 2.23. The topological polar surface area (TPSA) is 56.2 Å². The van der Waals surface area contributed by atoms with Crippen molar-refractivity contribution in [2.75, 3.05) is 0 Å². The first-order valence-corrected chi connectivity index (χ1v) is 7.09. The number of alkyl halides is 3. The number of halogens is 4. The summed E-state index contributed by atoms with van der Waals surface area (Å²) < 4.78 is 41.8. The molecule has 0 saturated carbocycles. The van der Waals surface area contributed by atoms with Crippen LogP contribution in [-0.2, 0) is 12.7 Å². The van der Waals surface area contributed by atoms with E-state index < -0.39 is 11.7 Å². The second-order valence-corrected chi connectivity index (χ2v) is 5.59. The van der Waals surface area contributed by atoms with Gasteiger partial charge in [0.25, 0.3) is 0 Å². The molecule has 8 heteroatoms. The summed E-state index contributed by atoms with van der Waals surface area (Å²) >= 11 is 3.32. The summed E-state index contributed by atoms with van der Waals surface area (Å²) in [5.41, 5.74) is 6.11. The molecule has 22 heavy (non-hydrogen) atoms. The summed E-state index contributed by atoms with van der Waals surface area (Å²) in [4.78, 5) is 4.12. The zero-order chi connectivity index (χ0) is 15.9. The van der Waals surface area contributed by atoms with Crippen LogP contribution >= 0.6 is 15.9 Å². The number of nitrogens with zero attached hydrogens (tertiary/aromatic N) is 3. The van der Waals surface area contributed by atoms with Gasteiger partial charge in [-0.25, -0.2) is 9.50 Å². The lowest BCUT2D eigenvalue weighted by molar-refractivity contribution is -0.138. The molecule has 0 radical (unpaired) electrons. The van der Waals surface area contributed by atoms with Gasteiger partial charge in [-0.2, -0.15) is 18.3 Å². The minimum Gasteiger partial charge on any atom is -0.326 e. The molecular weight excluding hydrogens is 361 g/mol. The Hall–Kier alpha value is -1.93. The van der Waals surface area contributed by atoms with Gasteiger partial charge in [-0.15, -0.1) is 0 Å². The molecule has 1 aromatic carbocycles. The third kappa shape index (κ3) is 2.59. The van der Waals surface area contributed by atoms with Crippen molar-refractivity contribution in [1.82, 2.24) is 14.6 Å². The summed E-state index contributed by atoms with van der Waals surface area (Å²) in [6.45, 7) is -0.176. The van der Waals surface area contributed by atoms with Crippen LogP contribution in [0.15, 0.2) is 41.3 Å². The van der Waals surface area contributed by atoms with Gasteiger partial charge in [0.2, 0.25) is 0 Å². The van der Waals surface area contributed by atoms with Crippen molar-refractivity contribution in [1.29, 1.82) is 0 Å². The van der Waals surface area contributed by atoms with Gasteiger partial charge in [0.05, 0.1) is 16.8 Å². The lowest BCUT2D eigenvalue weighted by Gasteiger charge is -2.13. The highest BCUT2D eigenvalue weighted by atomic mass is 79.9. The molecule has 2 aromatic heterocycles. The lowest BCUT2D eigenvalue weighted by Crippen LogP contribution is -2.12.